The fraction of sp³-hybridized carbons (Fsp3) is 0.545. The number of carbonyl (C=O) groups is 4. The maximum Gasteiger partial charge on any atom is 0.408 e. The zero-order valence-electron chi connectivity index (χ0n) is 18.7. The maximum atomic E-state index is 13.0. The molecule has 0 unspecified atom stereocenters. The van der Waals surface area contributed by atoms with Crippen LogP contribution in [0.25, 0.3) is 0 Å². The summed E-state index contributed by atoms with van der Waals surface area (Å²) in [6, 6.07) is 8.10. The van der Waals surface area contributed by atoms with Crippen LogP contribution in [0.2, 0.25) is 0 Å². The van der Waals surface area contributed by atoms with Gasteiger partial charge in [-0.25, -0.2) is 9.59 Å². The molecule has 0 saturated carbocycles. The van der Waals surface area contributed by atoms with Crippen molar-refractivity contribution < 1.29 is 33.8 Å². The highest BCUT2D eigenvalue weighted by molar-refractivity contribution is 5.86. The van der Waals surface area contributed by atoms with Gasteiger partial charge >= 0.3 is 18.2 Å². The lowest BCUT2D eigenvalue weighted by atomic mass is 10.1. The van der Waals surface area contributed by atoms with E-state index in [2.05, 4.69) is 5.32 Å². The summed E-state index contributed by atoms with van der Waals surface area (Å²) < 4.78 is 10.5. The topological polar surface area (TPSA) is 125 Å². The van der Waals surface area contributed by atoms with Gasteiger partial charge in [-0.1, -0.05) is 30.3 Å². The molecule has 0 spiro atoms. The second-order valence-electron chi connectivity index (χ2n) is 8.48. The predicted molar refractivity (Wildman–Crippen MR) is 115 cm³/mol. The van der Waals surface area contributed by atoms with Crippen LogP contribution in [0.3, 0.4) is 0 Å². The number of hydrogen-bond donors (Lipinski definition) is 2. The molecule has 0 bridgehead atoms. The van der Waals surface area contributed by atoms with Crippen molar-refractivity contribution in [1.29, 1.82) is 0 Å². The van der Waals surface area contributed by atoms with Crippen LogP contribution in [-0.2, 0) is 25.7 Å². The number of nitrogens with one attached hydrogen (secondary N) is 1. The van der Waals surface area contributed by atoms with Crippen LogP contribution in [0.15, 0.2) is 30.3 Å². The first kappa shape index (κ1) is 25.0. The number of rotatable bonds is 7. The lowest BCUT2D eigenvalue weighted by Crippen LogP contribution is -2.55. The Kier molecular flexibility index (Phi) is 8.86. The summed E-state index contributed by atoms with van der Waals surface area (Å²) in [7, 11) is 0. The third kappa shape index (κ3) is 8.44. The molecule has 1 atom stereocenters. The first-order chi connectivity index (χ1) is 15.0. The molecule has 2 rings (SSSR count). The zero-order valence-corrected chi connectivity index (χ0v) is 18.7. The Morgan fingerprint density at radius 1 is 1.03 bits per heavy atom. The van der Waals surface area contributed by atoms with E-state index in [4.69, 9.17) is 14.6 Å². The molecule has 1 aliphatic heterocycles. The van der Waals surface area contributed by atoms with Gasteiger partial charge in [0.05, 0.1) is 0 Å². The van der Waals surface area contributed by atoms with Gasteiger partial charge in [-0.15, -0.1) is 0 Å². The summed E-state index contributed by atoms with van der Waals surface area (Å²) in [5.41, 5.74) is 0.135. The Hall–Kier alpha value is -3.30. The van der Waals surface area contributed by atoms with Crippen molar-refractivity contribution in [3.05, 3.63) is 35.9 Å². The normalized spacial score (nSPS) is 15.0. The van der Waals surface area contributed by atoms with Crippen LogP contribution in [0.5, 0.6) is 0 Å². The molecule has 0 aliphatic carbocycles. The smallest absolute Gasteiger partial charge is 0.408 e. The first-order valence-corrected chi connectivity index (χ1v) is 10.5. The predicted octanol–water partition coefficient (Wildman–Crippen LogP) is 2.23. The van der Waals surface area contributed by atoms with Crippen molar-refractivity contribution in [2.24, 2.45) is 0 Å². The van der Waals surface area contributed by atoms with Gasteiger partial charge in [0.1, 0.15) is 18.2 Å². The number of piperazine rings is 1. The van der Waals surface area contributed by atoms with Gasteiger partial charge in [0.25, 0.3) is 0 Å². The Labute approximate surface area is 187 Å². The molecule has 1 aromatic rings. The summed E-state index contributed by atoms with van der Waals surface area (Å²) in [6.07, 6.45) is -1.85. The van der Waals surface area contributed by atoms with Gasteiger partial charge in [-0.3, -0.25) is 9.59 Å². The Bertz CT molecular complexity index is 799. The van der Waals surface area contributed by atoms with E-state index in [-0.39, 0.29) is 45.6 Å². The number of amides is 3. The van der Waals surface area contributed by atoms with E-state index in [9.17, 15) is 19.2 Å². The van der Waals surface area contributed by atoms with Gasteiger partial charge in [0.15, 0.2) is 0 Å². The largest absolute Gasteiger partial charge is 0.465 e. The second-order valence-corrected chi connectivity index (χ2v) is 8.48. The lowest BCUT2D eigenvalue weighted by molar-refractivity contribution is -0.155. The fourth-order valence-electron chi connectivity index (χ4n) is 3.16. The van der Waals surface area contributed by atoms with Crippen LogP contribution >= 0.6 is 0 Å². The Morgan fingerprint density at radius 3 is 2.19 bits per heavy atom. The van der Waals surface area contributed by atoms with Gasteiger partial charge in [0.2, 0.25) is 5.91 Å². The highest BCUT2D eigenvalue weighted by atomic mass is 16.6. The summed E-state index contributed by atoms with van der Waals surface area (Å²) in [4.78, 5) is 51.3. The van der Waals surface area contributed by atoms with E-state index in [1.54, 1.807) is 32.9 Å². The van der Waals surface area contributed by atoms with E-state index >= 15 is 0 Å². The fourth-order valence-corrected chi connectivity index (χ4v) is 3.16. The molecule has 176 valence electrons. The number of ether oxygens (including phenoxy) is 2. The van der Waals surface area contributed by atoms with Crippen LogP contribution in [-0.4, -0.2) is 76.8 Å². The first-order valence-electron chi connectivity index (χ1n) is 10.5. The van der Waals surface area contributed by atoms with Crippen LogP contribution in [0, 0.1) is 0 Å². The van der Waals surface area contributed by atoms with E-state index in [0.717, 1.165) is 5.56 Å². The van der Waals surface area contributed by atoms with Crippen molar-refractivity contribution in [2.45, 2.75) is 51.9 Å². The average Bonchev–Trinajstić information content (AvgIpc) is 2.74. The minimum absolute atomic E-state index is 0.0350. The van der Waals surface area contributed by atoms with Gasteiger partial charge in [-0.05, 0) is 32.8 Å². The second kappa shape index (κ2) is 11.4. The van der Waals surface area contributed by atoms with Gasteiger partial charge in [-0.2, -0.15) is 0 Å². The number of esters is 1. The van der Waals surface area contributed by atoms with Crippen LogP contribution in [0.4, 0.5) is 9.59 Å². The summed E-state index contributed by atoms with van der Waals surface area (Å²) in [6.45, 7) is 6.04. The third-order valence-corrected chi connectivity index (χ3v) is 4.72. The number of carboxylic acid groups (broad SMARTS) is 1. The van der Waals surface area contributed by atoms with E-state index in [0.29, 0.717) is 0 Å². The monoisotopic (exact) mass is 449 g/mol. The van der Waals surface area contributed by atoms with Crippen molar-refractivity contribution in [3.8, 4) is 0 Å². The SMILES string of the molecule is CC(C)(C)OC(=O)CC[C@H](NC(=O)OCc1ccccc1)C(=O)N1CCN(C(=O)O)CC1. The molecule has 0 radical (unpaired) electrons. The lowest BCUT2D eigenvalue weighted by Gasteiger charge is -2.35. The third-order valence-electron chi connectivity index (χ3n) is 4.72. The highest BCUT2D eigenvalue weighted by Gasteiger charge is 2.31. The van der Waals surface area contributed by atoms with Crippen molar-refractivity contribution in [2.75, 3.05) is 26.2 Å². The molecular formula is C22H31N3O7. The molecule has 2 N–H and O–H groups in total. The molecule has 1 aromatic carbocycles. The average molecular weight is 450 g/mol. The minimum atomic E-state index is -1.04. The maximum absolute atomic E-state index is 13.0. The zero-order chi connectivity index (χ0) is 23.7. The number of benzene rings is 1. The molecule has 10 nitrogen and oxygen atoms in total. The van der Waals surface area contributed by atoms with Crippen LogP contribution in [0.1, 0.15) is 39.2 Å². The molecule has 32 heavy (non-hydrogen) atoms. The molecule has 0 aromatic heterocycles. The molecule has 1 heterocycles. The number of alkyl carbamates (subject to hydrolysis) is 1. The Balaban J connectivity index is 1.98. The summed E-state index contributed by atoms with van der Waals surface area (Å²) in [5.74, 6) is -0.874. The van der Waals surface area contributed by atoms with Gasteiger partial charge < -0.3 is 29.7 Å². The number of nitrogens with zero attached hydrogens (tertiary/aromatic N) is 2. The van der Waals surface area contributed by atoms with Crippen molar-refractivity contribution in [1.82, 2.24) is 15.1 Å². The number of hydrogen-bond acceptors (Lipinski definition) is 6. The van der Waals surface area contributed by atoms with E-state index in [1.807, 2.05) is 18.2 Å². The summed E-state index contributed by atoms with van der Waals surface area (Å²) in [5, 5.41) is 11.6. The summed E-state index contributed by atoms with van der Waals surface area (Å²) >= 11 is 0. The number of carbonyl (C=O) groups excluding carboxylic acids is 3. The molecule has 1 fully saturated rings. The van der Waals surface area contributed by atoms with Crippen molar-refractivity contribution >= 4 is 24.1 Å². The molecular weight excluding hydrogens is 418 g/mol. The van der Waals surface area contributed by atoms with Crippen LogP contribution < -0.4 is 5.32 Å². The highest BCUT2D eigenvalue weighted by Crippen LogP contribution is 2.13. The Morgan fingerprint density at radius 2 is 1.62 bits per heavy atom. The quantitative estimate of drug-likeness (QED) is 0.612. The molecule has 1 aliphatic rings. The van der Waals surface area contributed by atoms with E-state index in [1.165, 1.54) is 9.80 Å². The molecule has 3 amide bonds. The minimum Gasteiger partial charge on any atom is -0.465 e. The van der Waals surface area contributed by atoms with Gasteiger partial charge in [0, 0.05) is 32.6 Å². The van der Waals surface area contributed by atoms with Crippen molar-refractivity contribution in [3.63, 3.8) is 0 Å². The standard InChI is InChI=1S/C22H31N3O7/c1-22(2,3)32-18(26)10-9-17(19(27)24-11-13-25(14-12-24)21(29)30)23-20(28)31-15-16-7-5-4-6-8-16/h4-8,17H,9-15H2,1-3H3,(H,23,28)(H,29,30)/t17-/m0/s1. The van der Waals surface area contributed by atoms with E-state index < -0.39 is 35.7 Å². The molecule has 10 heteroatoms. The molecule has 1 saturated heterocycles.